The average Bonchev–Trinajstić information content (AvgIpc) is 3.33. The highest BCUT2D eigenvalue weighted by atomic mass is 16.2. The van der Waals surface area contributed by atoms with Crippen LogP contribution >= 0.6 is 0 Å². The maximum absolute atomic E-state index is 12.7. The SMILES string of the molecule is Cc1cccc(C(=O)Nc2ccc(N3CCCC3)c(NC(=O)NCc3ccccc3)c2)c1. The Balaban J connectivity index is 1.50. The van der Waals surface area contributed by atoms with E-state index in [1.807, 2.05) is 73.7 Å². The van der Waals surface area contributed by atoms with Crippen molar-refractivity contribution < 1.29 is 9.59 Å². The van der Waals surface area contributed by atoms with Gasteiger partial charge in [-0.15, -0.1) is 0 Å². The predicted molar refractivity (Wildman–Crippen MR) is 129 cm³/mol. The second-order valence-corrected chi connectivity index (χ2v) is 8.04. The lowest BCUT2D eigenvalue weighted by molar-refractivity contribution is 0.102. The van der Waals surface area contributed by atoms with Gasteiger partial charge in [0.05, 0.1) is 11.4 Å². The van der Waals surface area contributed by atoms with E-state index in [0.717, 1.165) is 42.7 Å². The van der Waals surface area contributed by atoms with Crippen LogP contribution in [0.15, 0.2) is 72.8 Å². The fourth-order valence-corrected chi connectivity index (χ4v) is 3.88. The fraction of sp³-hybridized carbons (Fsp3) is 0.231. The molecule has 1 heterocycles. The molecule has 164 valence electrons. The normalized spacial score (nSPS) is 13.0. The van der Waals surface area contributed by atoms with Crippen LogP contribution in [0.25, 0.3) is 0 Å². The number of amides is 3. The van der Waals surface area contributed by atoms with Gasteiger partial charge in [-0.3, -0.25) is 4.79 Å². The van der Waals surface area contributed by atoms with Crippen molar-refractivity contribution in [3.05, 3.63) is 89.5 Å². The lowest BCUT2D eigenvalue weighted by atomic mass is 10.1. The Morgan fingerprint density at radius 1 is 0.875 bits per heavy atom. The standard InChI is InChI=1S/C26H28N4O2/c1-19-8-7-11-21(16-19)25(31)28-22-12-13-24(30-14-5-6-15-30)23(17-22)29-26(32)27-18-20-9-3-2-4-10-20/h2-4,7-13,16-17H,5-6,14-15,18H2,1H3,(H,28,31)(H2,27,29,32). The van der Waals surface area contributed by atoms with Crippen molar-refractivity contribution >= 4 is 29.0 Å². The first-order valence-corrected chi connectivity index (χ1v) is 10.9. The molecule has 3 aromatic rings. The van der Waals surface area contributed by atoms with Gasteiger partial charge >= 0.3 is 6.03 Å². The first-order valence-electron chi connectivity index (χ1n) is 10.9. The number of nitrogens with zero attached hydrogens (tertiary/aromatic N) is 1. The van der Waals surface area contributed by atoms with Gasteiger partial charge in [-0.1, -0.05) is 48.0 Å². The number of hydrogen-bond donors (Lipinski definition) is 3. The van der Waals surface area contributed by atoms with Crippen molar-refractivity contribution in [2.24, 2.45) is 0 Å². The Bertz CT molecular complexity index is 1090. The van der Waals surface area contributed by atoms with Gasteiger partial charge in [0.1, 0.15) is 0 Å². The first kappa shape index (κ1) is 21.4. The monoisotopic (exact) mass is 428 g/mol. The highest BCUT2D eigenvalue weighted by Crippen LogP contribution is 2.32. The molecule has 6 nitrogen and oxygen atoms in total. The van der Waals surface area contributed by atoms with Gasteiger partial charge in [0, 0.05) is 30.9 Å². The molecule has 3 aromatic carbocycles. The lowest BCUT2D eigenvalue weighted by Crippen LogP contribution is -2.29. The van der Waals surface area contributed by atoms with Crippen molar-refractivity contribution in [1.82, 2.24) is 5.32 Å². The van der Waals surface area contributed by atoms with Crippen LogP contribution in [0.5, 0.6) is 0 Å². The van der Waals surface area contributed by atoms with Crippen molar-refractivity contribution in [2.75, 3.05) is 28.6 Å². The van der Waals surface area contributed by atoms with Gasteiger partial charge in [-0.2, -0.15) is 0 Å². The van der Waals surface area contributed by atoms with Gasteiger partial charge < -0.3 is 20.9 Å². The summed E-state index contributed by atoms with van der Waals surface area (Å²) in [7, 11) is 0. The molecule has 3 amide bonds. The third-order valence-corrected chi connectivity index (χ3v) is 5.53. The maximum atomic E-state index is 12.7. The molecule has 3 N–H and O–H groups in total. The minimum Gasteiger partial charge on any atom is -0.370 e. The lowest BCUT2D eigenvalue weighted by Gasteiger charge is -2.22. The molecule has 0 bridgehead atoms. The summed E-state index contributed by atoms with van der Waals surface area (Å²) in [5, 5.41) is 8.82. The summed E-state index contributed by atoms with van der Waals surface area (Å²) in [6.07, 6.45) is 2.26. The molecule has 0 atom stereocenters. The Hall–Kier alpha value is -3.80. The van der Waals surface area contributed by atoms with E-state index in [1.54, 1.807) is 6.07 Å². The largest absolute Gasteiger partial charge is 0.370 e. The second-order valence-electron chi connectivity index (χ2n) is 8.04. The molecule has 32 heavy (non-hydrogen) atoms. The van der Waals surface area contributed by atoms with Gasteiger partial charge in [-0.25, -0.2) is 4.79 Å². The minimum atomic E-state index is -0.281. The zero-order valence-corrected chi connectivity index (χ0v) is 18.2. The quantitative estimate of drug-likeness (QED) is 0.507. The molecule has 4 rings (SSSR count). The Morgan fingerprint density at radius 2 is 1.66 bits per heavy atom. The Labute approximate surface area is 188 Å². The second kappa shape index (κ2) is 10.0. The predicted octanol–water partition coefficient (Wildman–Crippen LogP) is 5.17. The van der Waals surface area contributed by atoms with E-state index in [-0.39, 0.29) is 11.9 Å². The van der Waals surface area contributed by atoms with Gasteiger partial charge in [-0.05, 0) is 55.7 Å². The maximum Gasteiger partial charge on any atom is 0.319 e. The topological polar surface area (TPSA) is 73.5 Å². The molecule has 1 aliphatic rings. The zero-order valence-electron chi connectivity index (χ0n) is 18.2. The number of urea groups is 1. The number of anilines is 3. The van der Waals surface area contributed by atoms with E-state index in [9.17, 15) is 9.59 Å². The summed E-state index contributed by atoms with van der Waals surface area (Å²) in [5.41, 5.74) is 4.94. The number of rotatable bonds is 6. The Kier molecular flexibility index (Phi) is 6.70. The fourth-order valence-electron chi connectivity index (χ4n) is 3.88. The number of hydrogen-bond acceptors (Lipinski definition) is 3. The van der Waals surface area contributed by atoms with E-state index in [4.69, 9.17) is 0 Å². The summed E-state index contributed by atoms with van der Waals surface area (Å²) in [6.45, 7) is 4.30. The van der Waals surface area contributed by atoms with Crippen LogP contribution in [-0.2, 0) is 6.54 Å². The molecular weight excluding hydrogens is 400 g/mol. The number of benzene rings is 3. The van der Waals surface area contributed by atoms with Gasteiger partial charge in [0.2, 0.25) is 0 Å². The highest BCUT2D eigenvalue weighted by Gasteiger charge is 2.18. The van der Waals surface area contributed by atoms with Crippen LogP contribution in [0, 0.1) is 6.92 Å². The van der Waals surface area contributed by atoms with Crippen LogP contribution in [0.4, 0.5) is 21.9 Å². The molecule has 6 heteroatoms. The number of carbonyl (C=O) groups is 2. The van der Waals surface area contributed by atoms with E-state index in [1.165, 1.54) is 0 Å². The van der Waals surface area contributed by atoms with Crippen LogP contribution in [0.3, 0.4) is 0 Å². The molecule has 0 radical (unpaired) electrons. The molecule has 1 aliphatic heterocycles. The third-order valence-electron chi connectivity index (χ3n) is 5.53. The molecule has 0 unspecified atom stereocenters. The van der Waals surface area contributed by atoms with E-state index >= 15 is 0 Å². The van der Waals surface area contributed by atoms with Crippen LogP contribution in [0.2, 0.25) is 0 Å². The molecule has 0 aromatic heterocycles. The Morgan fingerprint density at radius 3 is 2.41 bits per heavy atom. The molecule has 0 spiro atoms. The van der Waals surface area contributed by atoms with Crippen molar-refractivity contribution in [3.63, 3.8) is 0 Å². The smallest absolute Gasteiger partial charge is 0.319 e. The van der Waals surface area contributed by atoms with Gasteiger partial charge in [0.15, 0.2) is 0 Å². The minimum absolute atomic E-state index is 0.179. The summed E-state index contributed by atoms with van der Waals surface area (Å²) in [4.78, 5) is 27.6. The molecule has 0 aliphatic carbocycles. The summed E-state index contributed by atoms with van der Waals surface area (Å²) in [6, 6.07) is 22.6. The zero-order chi connectivity index (χ0) is 22.3. The van der Waals surface area contributed by atoms with Crippen LogP contribution in [0.1, 0.15) is 34.3 Å². The van der Waals surface area contributed by atoms with E-state index in [2.05, 4.69) is 20.9 Å². The van der Waals surface area contributed by atoms with Crippen LogP contribution in [-0.4, -0.2) is 25.0 Å². The number of nitrogens with one attached hydrogen (secondary N) is 3. The van der Waals surface area contributed by atoms with Crippen molar-refractivity contribution in [1.29, 1.82) is 0 Å². The number of aryl methyl sites for hydroxylation is 1. The molecule has 1 saturated heterocycles. The average molecular weight is 429 g/mol. The van der Waals surface area contributed by atoms with E-state index in [0.29, 0.717) is 23.5 Å². The summed E-state index contributed by atoms with van der Waals surface area (Å²) >= 11 is 0. The van der Waals surface area contributed by atoms with Crippen LogP contribution < -0.4 is 20.9 Å². The van der Waals surface area contributed by atoms with Crippen molar-refractivity contribution in [3.8, 4) is 0 Å². The highest BCUT2D eigenvalue weighted by molar-refractivity contribution is 6.05. The molecular formula is C26H28N4O2. The third kappa shape index (κ3) is 5.46. The van der Waals surface area contributed by atoms with Crippen molar-refractivity contribution in [2.45, 2.75) is 26.3 Å². The summed E-state index contributed by atoms with van der Waals surface area (Å²) < 4.78 is 0. The molecule has 1 fully saturated rings. The number of carbonyl (C=O) groups excluding carboxylic acids is 2. The molecule has 0 saturated carbocycles. The van der Waals surface area contributed by atoms with Gasteiger partial charge in [0.25, 0.3) is 5.91 Å². The first-order chi connectivity index (χ1) is 15.6. The van der Waals surface area contributed by atoms with E-state index < -0.39 is 0 Å². The summed E-state index contributed by atoms with van der Waals surface area (Å²) in [5.74, 6) is -0.179.